The van der Waals surface area contributed by atoms with E-state index >= 15 is 0 Å². The van der Waals surface area contributed by atoms with Crippen molar-refractivity contribution in [3.05, 3.63) is 60.1 Å². The molecule has 3 heteroatoms. The fraction of sp³-hybridized carbons (Fsp3) is 0.250. The molecule has 1 aliphatic rings. The van der Waals surface area contributed by atoms with Crippen molar-refractivity contribution in [1.82, 2.24) is 0 Å². The summed E-state index contributed by atoms with van der Waals surface area (Å²) < 4.78 is 5.41. The Morgan fingerprint density at radius 2 is 2.00 bits per heavy atom. The first-order chi connectivity index (χ1) is 9.13. The van der Waals surface area contributed by atoms with Crippen molar-refractivity contribution in [1.29, 1.82) is 0 Å². The van der Waals surface area contributed by atoms with E-state index in [-0.39, 0.29) is 5.75 Å². The van der Waals surface area contributed by atoms with Gasteiger partial charge in [-0.25, -0.2) is 0 Å². The Labute approximate surface area is 113 Å². The number of aliphatic hydroxyl groups excluding tert-OH is 1. The average Bonchev–Trinajstić information content (AvgIpc) is 2.40. The van der Waals surface area contributed by atoms with Gasteiger partial charge < -0.3 is 14.9 Å². The molecule has 0 saturated heterocycles. The maximum Gasteiger partial charge on any atom is 0.125 e. The van der Waals surface area contributed by atoms with Gasteiger partial charge in [-0.15, -0.1) is 0 Å². The van der Waals surface area contributed by atoms with Crippen molar-refractivity contribution in [2.24, 2.45) is 0 Å². The van der Waals surface area contributed by atoms with Crippen LogP contribution in [0.25, 0.3) is 5.57 Å². The van der Waals surface area contributed by atoms with E-state index in [0.717, 1.165) is 18.4 Å². The van der Waals surface area contributed by atoms with Crippen LogP contribution < -0.4 is 0 Å². The number of aromatic hydroxyl groups is 1. The molecule has 0 spiro atoms. The summed E-state index contributed by atoms with van der Waals surface area (Å²) in [6.07, 6.45) is 4.61. The van der Waals surface area contributed by atoms with E-state index in [0.29, 0.717) is 16.9 Å². The quantitative estimate of drug-likeness (QED) is 0.874. The summed E-state index contributed by atoms with van der Waals surface area (Å²) in [5, 5.41) is 19.7. The van der Waals surface area contributed by atoms with E-state index in [1.54, 1.807) is 24.3 Å². The second-order valence-corrected chi connectivity index (χ2v) is 4.51. The van der Waals surface area contributed by atoms with Crippen LogP contribution in [0.2, 0.25) is 0 Å². The molecule has 0 aliphatic carbocycles. The van der Waals surface area contributed by atoms with Gasteiger partial charge in [0.25, 0.3) is 0 Å². The predicted octanol–water partition coefficient (Wildman–Crippen LogP) is 3.36. The van der Waals surface area contributed by atoms with Crippen LogP contribution >= 0.6 is 0 Å². The molecule has 0 fully saturated rings. The Bertz CT molecular complexity index is 523. The molecule has 1 aromatic rings. The third kappa shape index (κ3) is 2.88. The Morgan fingerprint density at radius 1 is 1.32 bits per heavy atom. The fourth-order valence-electron chi connectivity index (χ4n) is 1.99. The minimum atomic E-state index is -0.739. The van der Waals surface area contributed by atoms with Gasteiger partial charge in [0.1, 0.15) is 17.6 Å². The summed E-state index contributed by atoms with van der Waals surface area (Å²) in [6, 6.07) is 6.67. The van der Waals surface area contributed by atoms with Crippen molar-refractivity contribution in [3.8, 4) is 5.75 Å². The van der Waals surface area contributed by atoms with Gasteiger partial charge in [-0.2, -0.15) is 0 Å². The zero-order chi connectivity index (χ0) is 13.8. The highest BCUT2D eigenvalue weighted by atomic mass is 16.5. The van der Waals surface area contributed by atoms with Crippen molar-refractivity contribution < 1.29 is 14.9 Å². The highest BCUT2D eigenvalue weighted by Gasteiger charge is 2.25. The first-order valence-electron chi connectivity index (χ1n) is 6.37. The monoisotopic (exact) mass is 258 g/mol. The molecule has 1 atom stereocenters. The van der Waals surface area contributed by atoms with E-state index < -0.39 is 6.10 Å². The fourth-order valence-corrected chi connectivity index (χ4v) is 1.99. The normalized spacial score (nSPS) is 21.2. The second-order valence-electron chi connectivity index (χ2n) is 4.51. The van der Waals surface area contributed by atoms with Crippen LogP contribution in [0.1, 0.15) is 25.3 Å². The molecule has 1 aliphatic heterocycles. The number of benzene rings is 1. The number of phenols is 1. The number of aliphatic hydroxyl groups is 1. The van der Waals surface area contributed by atoms with Gasteiger partial charge in [0.05, 0.1) is 6.26 Å². The lowest BCUT2D eigenvalue weighted by Gasteiger charge is -2.25. The van der Waals surface area contributed by atoms with E-state index in [4.69, 9.17) is 4.74 Å². The lowest BCUT2D eigenvalue weighted by molar-refractivity contribution is 0.232. The van der Waals surface area contributed by atoms with Crippen LogP contribution in [-0.4, -0.2) is 16.3 Å². The highest BCUT2D eigenvalue weighted by molar-refractivity contribution is 5.73. The Kier molecular flexibility index (Phi) is 4.07. The Hall–Kier alpha value is -2.00. The minimum absolute atomic E-state index is 0.196. The highest BCUT2D eigenvalue weighted by Crippen LogP contribution is 2.33. The Morgan fingerprint density at radius 3 is 2.63 bits per heavy atom. The van der Waals surface area contributed by atoms with E-state index in [2.05, 4.69) is 13.5 Å². The zero-order valence-electron chi connectivity index (χ0n) is 11.0. The summed E-state index contributed by atoms with van der Waals surface area (Å²) >= 11 is 0. The van der Waals surface area contributed by atoms with Crippen LogP contribution in [-0.2, 0) is 4.74 Å². The van der Waals surface area contributed by atoms with Crippen LogP contribution in [0.15, 0.2) is 54.5 Å². The second kappa shape index (κ2) is 5.76. The van der Waals surface area contributed by atoms with Crippen LogP contribution in [0.4, 0.5) is 0 Å². The van der Waals surface area contributed by atoms with Gasteiger partial charge in [0, 0.05) is 11.1 Å². The molecule has 100 valence electrons. The standard InChI is InChI=1S/C16H18O3/c1-3-4-5-14-11(2)19-10-15(16(14)18)12-6-8-13(17)9-7-12/h5-10,16-18H,2-4H2,1H3/b14-5+. The number of phenolic OH excluding ortho intramolecular Hbond substituents is 1. The number of hydrogen-bond acceptors (Lipinski definition) is 3. The van der Waals surface area contributed by atoms with Crippen molar-refractivity contribution >= 4 is 5.57 Å². The summed E-state index contributed by atoms with van der Waals surface area (Å²) in [5.41, 5.74) is 2.21. The number of ether oxygens (including phenoxy) is 1. The maximum atomic E-state index is 10.4. The molecule has 0 aromatic heterocycles. The molecule has 0 amide bonds. The third-order valence-electron chi connectivity index (χ3n) is 3.09. The van der Waals surface area contributed by atoms with Gasteiger partial charge in [-0.05, 0) is 24.1 Å². The number of allylic oxidation sites excluding steroid dienone is 1. The molecular formula is C16H18O3. The van der Waals surface area contributed by atoms with E-state index in [1.165, 1.54) is 6.26 Å². The number of hydrogen-bond donors (Lipinski definition) is 2. The van der Waals surface area contributed by atoms with Crippen molar-refractivity contribution in [2.45, 2.75) is 25.9 Å². The molecule has 2 rings (SSSR count). The van der Waals surface area contributed by atoms with Gasteiger partial charge in [0.2, 0.25) is 0 Å². The Balaban J connectivity index is 2.32. The molecule has 1 aromatic carbocycles. The predicted molar refractivity (Wildman–Crippen MR) is 75.3 cm³/mol. The minimum Gasteiger partial charge on any atom is -0.508 e. The first-order valence-corrected chi connectivity index (χ1v) is 6.37. The van der Waals surface area contributed by atoms with Crippen LogP contribution in [0.5, 0.6) is 5.75 Å². The summed E-state index contributed by atoms with van der Waals surface area (Å²) in [7, 11) is 0. The van der Waals surface area contributed by atoms with Crippen LogP contribution in [0.3, 0.4) is 0 Å². The van der Waals surface area contributed by atoms with E-state index in [9.17, 15) is 10.2 Å². The molecular weight excluding hydrogens is 240 g/mol. The maximum absolute atomic E-state index is 10.4. The number of unbranched alkanes of at least 4 members (excludes halogenated alkanes) is 1. The van der Waals surface area contributed by atoms with Gasteiger partial charge in [-0.1, -0.05) is 38.1 Å². The third-order valence-corrected chi connectivity index (χ3v) is 3.09. The SMILES string of the molecule is C=C1OC=C(c2ccc(O)cc2)C(O)/C1=C/CCC. The van der Waals surface area contributed by atoms with Crippen LogP contribution in [0, 0.1) is 0 Å². The molecule has 1 heterocycles. The summed E-state index contributed by atoms with van der Waals surface area (Å²) in [4.78, 5) is 0. The van der Waals surface area contributed by atoms with Gasteiger partial charge in [0.15, 0.2) is 0 Å². The van der Waals surface area contributed by atoms with Gasteiger partial charge in [-0.3, -0.25) is 0 Å². The molecule has 0 radical (unpaired) electrons. The molecule has 1 unspecified atom stereocenters. The van der Waals surface area contributed by atoms with Crippen molar-refractivity contribution in [3.63, 3.8) is 0 Å². The smallest absolute Gasteiger partial charge is 0.125 e. The van der Waals surface area contributed by atoms with Gasteiger partial charge >= 0.3 is 0 Å². The molecule has 3 nitrogen and oxygen atoms in total. The number of rotatable bonds is 3. The average molecular weight is 258 g/mol. The van der Waals surface area contributed by atoms with Crippen molar-refractivity contribution in [2.75, 3.05) is 0 Å². The first kappa shape index (κ1) is 13.4. The molecule has 2 N–H and O–H groups in total. The topological polar surface area (TPSA) is 49.7 Å². The molecule has 0 saturated carbocycles. The van der Waals surface area contributed by atoms with E-state index in [1.807, 2.05) is 6.08 Å². The lowest BCUT2D eigenvalue weighted by atomic mass is 9.93. The molecule has 19 heavy (non-hydrogen) atoms. The lowest BCUT2D eigenvalue weighted by Crippen LogP contribution is -2.19. The molecule has 0 bridgehead atoms. The zero-order valence-corrected chi connectivity index (χ0v) is 11.0. The summed E-state index contributed by atoms with van der Waals surface area (Å²) in [6.45, 7) is 5.88. The largest absolute Gasteiger partial charge is 0.508 e. The summed E-state index contributed by atoms with van der Waals surface area (Å²) in [5.74, 6) is 0.685.